The van der Waals surface area contributed by atoms with Crippen LogP contribution in [0.25, 0.3) is 0 Å². The largest absolute Gasteiger partial charge is 0.367 e. The molecule has 2 fully saturated rings. The quantitative estimate of drug-likeness (QED) is 0.872. The van der Waals surface area contributed by atoms with Gasteiger partial charge in [-0.3, -0.25) is 0 Å². The predicted octanol–water partition coefficient (Wildman–Crippen LogP) is 3.48. The number of hydrogen-bond donors (Lipinski definition) is 1. The Morgan fingerprint density at radius 3 is 2.81 bits per heavy atom. The van der Waals surface area contributed by atoms with Crippen LogP contribution in [0.2, 0.25) is 5.02 Å². The maximum atomic E-state index is 13.5. The lowest BCUT2D eigenvalue weighted by Gasteiger charge is -2.15. The first-order valence-electron chi connectivity index (χ1n) is 5.75. The molecule has 0 bridgehead atoms. The molecule has 0 amide bonds. The third-order valence-corrected chi connectivity index (χ3v) is 3.96. The molecular weight excluding hydrogens is 227 g/mol. The normalized spacial score (nSPS) is 21.9. The molecule has 1 aromatic heterocycles. The van der Waals surface area contributed by atoms with Gasteiger partial charge in [-0.05, 0) is 43.1 Å². The molecule has 0 unspecified atom stereocenters. The number of halogens is 2. The summed E-state index contributed by atoms with van der Waals surface area (Å²) in [6.45, 7) is 0.850. The van der Waals surface area contributed by atoms with Crippen LogP contribution in [-0.4, -0.2) is 11.5 Å². The molecule has 86 valence electrons. The van der Waals surface area contributed by atoms with Crippen molar-refractivity contribution in [2.75, 3.05) is 11.9 Å². The first-order valence-corrected chi connectivity index (χ1v) is 6.12. The van der Waals surface area contributed by atoms with Gasteiger partial charge < -0.3 is 5.32 Å². The van der Waals surface area contributed by atoms with Crippen molar-refractivity contribution in [3.8, 4) is 0 Å². The second-order valence-electron chi connectivity index (χ2n) is 4.97. The van der Waals surface area contributed by atoms with E-state index in [2.05, 4.69) is 10.3 Å². The van der Waals surface area contributed by atoms with Gasteiger partial charge in [-0.25, -0.2) is 9.37 Å². The second kappa shape index (κ2) is 3.59. The molecule has 2 aliphatic carbocycles. The van der Waals surface area contributed by atoms with Gasteiger partial charge in [-0.2, -0.15) is 0 Å². The van der Waals surface area contributed by atoms with Gasteiger partial charge in [0.1, 0.15) is 0 Å². The Kier molecular flexibility index (Phi) is 2.32. The van der Waals surface area contributed by atoms with Crippen LogP contribution in [-0.2, 0) is 0 Å². The Labute approximate surface area is 99.2 Å². The molecule has 0 saturated heterocycles. The highest BCUT2D eigenvalue weighted by Crippen LogP contribution is 2.61. The van der Waals surface area contributed by atoms with Crippen LogP contribution in [0.1, 0.15) is 25.7 Å². The molecule has 2 saturated carbocycles. The van der Waals surface area contributed by atoms with Crippen molar-refractivity contribution in [2.24, 2.45) is 11.3 Å². The van der Waals surface area contributed by atoms with Crippen molar-refractivity contribution in [2.45, 2.75) is 25.7 Å². The van der Waals surface area contributed by atoms with Crippen LogP contribution < -0.4 is 5.32 Å². The fraction of sp³-hybridized carbons (Fsp3) is 0.583. The van der Waals surface area contributed by atoms with Gasteiger partial charge in [0.05, 0.1) is 5.02 Å². The standard InChI is InChI=1S/C12H14ClFN2/c13-9-5-10(14)11(15-6-9)16-7-12(3-4-12)8-1-2-8/h5-6,8H,1-4,7H2,(H,15,16). The summed E-state index contributed by atoms with van der Waals surface area (Å²) in [6.07, 6.45) is 6.72. The van der Waals surface area contributed by atoms with E-state index in [0.29, 0.717) is 16.3 Å². The average molecular weight is 241 g/mol. The van der Waals surface area contributed by atoms with Crippen molar-refractivity contribution < 1.29 is 4.39 Å². The van der Waals surface area contributed by atoms with Crippen LogP contribution in [0.15, 0.2) is 12.3 Å². The summed E-state index contributed by atoms with van der Waals surface area (Å²) in [5.74, 6) is 0.839. The summed E-state index contributed by atoms with van der Waals surface area (Å²) in [5, 5.41) is 3.46. The molecule has 0 aromatic carbocycles. The van der Waals surface area contributed by atoms with Crippen LogP contribution in [0.3, 0.4) is 0 Å². The van der Waals surface area contributed by atoms with Gasteiger partial charge in [-0.15, -0.1) is 0 Å². The zero-order chi connectivity index (χ0) is 11.2. The molecular formula is C12H14ClFN2. The smallest absolute Gasteiger partial charge is 0.166 e. The van der Waals surface area contributed by atoms with Crippen LogP contribution >= 0.6 is 11.6 Å². The van der Waals surface area contributed by atoms with E-state index < -0.39 is 0 Å². The lowest BCUT2D eigenvalue weighted by molar-refractivity contribution is 0.464. The van der Waals surface area contributed by atoms with E-state index in [1.54, 1.807) is 0 Å². The molecule has 3 rings (SSSR count). The minimum Gasteiger partial charge on any atom is -0.367 e. The Morgan fingerprint density at radius 1 is 1.50 bits per heavy atom. The Bertz CT molecular complexity index is 413. The maximum absolute atomic E-state index is 13.5. The second-order valence-corrected chi connectivity index (χ2v) is 5.41. The Morgan fingerprint density at radius 2 is 2.25 bits per heavy atom. The van der Waals surface area contributed by atoms with Crippen molar-refractivity contribution in [1.29, 1.82) is 0 Å². The molecule has 4 heteroatoms. The van der Waals surface area contributed by atoms with Crippen molar-refractivity contribution in [1.82, 2.24) is 4.98 Å². The molecule has 1 N–H and O–H groups in total. The number of hydrogen-bond acceptors (Lipinski definition) is 2. The molecule has 16 heavy (non-hydrogen) atoms. The van der Waals surface area contributed by atoms with E-state index in [4.69, 9.17) is 11.6 Å². The number of rotatable bonds is 4. The van der Waals surface area contributed by atoms with E-state index in [-0.39, 0.29) is 5.82 Å². The molecule has 0 spiro atoms. The average Bonchev–Trinajstić information content (AvgIpc) is 3.11. The Balaban J connectivity index is 1.66. The number of nitrogens with zero attached hydrogens (tertiary/aromatic N) is 1. The molecule has 1 aromatic rings. The fourth-order valence-electron chi connectivity index (χ4n) is 2.39. The molecule has 1 heterocycles. The van der Waals surface area contributed by atoms with Crippen molar-refractivity contribution in [3.05, 3.63) is 23.1 Å². The van der Waals surface area contributed by atoms with E-state index in [0.717, 1.165) is 12.5 Å². The topological polar surface area (TPSA) is 24.9 Å². The lowest BCUT2D eigenvalue weighted by Crippen LogP contribution is -2.18. The number of pyridine rings is 1. The van der Waals surface area contributed by atoms with E-state index >= 15 is 0 Å². The van der Waals surface area contributed by atoms with Gasteiger partial charge in [0, 0.05) is 12.7 Å². The first-order chi connectivity index (χ1) is 7.70. The molecule has 0 radical (unpaired) electrons. The number of anilines is 1. The summed E-state index contributed by atoms with van der Waals surface area (Å²) >= 11 is 5.65. The fourth-order valence-corrected chi connectivity index (χ4v) is 2.53. The van der Waals surface area contributed by atoms with E-state index in [1.165, 1.54) is 37.9 Å². The van der Waals surface area contributed by atoms with Crippen LogP contribution in [0, 0.1) is 17.2 Å². The highest BCUT2D eigenvalue weighted by molar-refractivity contribution is 6.30. The SMILES string of the molecule is Fc1cc(Cl)cnc1NCC1(C2CC2)CC1. The van der Waals surface area contributed by atoms with Crippen molar-refractivity contribution >= 4 is 17.4 Å². The summed E-state index contributed by atoms with van der Waals surface area (Å²) in [7, 11) is 0. The molecule has 0 aliphatic heterocycles. The van der Waals surface area contributed by atoms with Gasteiger partial charge in [0.15, 0.2) is 11.6 Å². The van der Waals surface area contributed by atoms with Crippen LogP contribution in [0.4, 0.5) is 10.2 Å². The monoisotopic (exact) mass is 240 g/mol. The third kappa shape index (κ3) is 1.88. The Hall–Kier alpha value is -0.830. The minimum atomic E-state index is -0.362. The van der Waals surface area contributed by atoms with E-state index in [9.17, 15) is 4.39 Å². The van der Waals surface area contributed by atoms with E-state index in [1.807, 2.05) is 0 Å². The highest BCUT2D eigenvalue weighted by atomic mass is 35.5. The molecule has 2 nitrogen and oxygen atoms in total. The lowest BCUT2D eigenvalue weighted by atomic mass is 10.0. The summed E-state index contributed by atoms with van der Waals surface area (Å²) in [4.78, 5) is 3.97. The first kappa shape index (κ1) is 10.3. The predicted molar refractivity (Wildman–Crippen MR) is 62.1 cm³/mol. The van der Waals surface area contributed by atoms with Gasteiger partial charge in [0.25, 0.3) is 0 Å². The van der Waals surface area contributed by atoms with Crippen molar-refractivity contribution in [3.63, 3.8) is 0 Å². The van der Waals surface area contributed by atoms with Crippen LogP contribution in [0.5, 0.6) is 0 Å². The zero-order valence-electron chi connectivity index (χ0n) is 8.97. The summed E-state index contributed by atoms with van der Waals surface area (Å²) in [5.41, 5.74) is 0.452. The third-order valence-electron chi connectivity index (χ3n) is 3.75. The van der Waals surface area contributed by atoms with Gasteiger partial charge in [-0.1, -0.05) is 11.6 Å². The number of nitrogens with one attached hydrogen (secondary N) is 1. The van der Waals surface area contributed by atoms with Gasteiger partial charge in [0.2, 0.25) is 0 Å². The summed E-state index contributed by atoms with van der Waals surface area (Å²) in [6, 6.07) is 1.30. The maximum Gasteiger partial charge on any atom is 0.166 e. The number of aromatic nitrogens is 1. The zero-order valence-corrected chi connectivity index (χ0v) is 9.73. The summed E-state index contributed by atoms with van der Waals surface area (Å²) < 4.78 is 13.5. The minimum absolute atomic E-state index is 0.330. The van der Waals surface area contributed by atoms with Gasteiger partial charge >= 0.3 is 0 Å². The molecule has 0 atom stereocenters. The molecule has 2 aliphatic rings. The highest BCUT2D eigenvalue weighted by Gasteiger charge is 2.53.